The summed E-state index contributed by atoms with van der Waals surface area (Å²) in [5, 5.41) is 3.24. The number of nitrogens with one attached hydrogen (secondary N) is 1. The Kier molecular flexibility index (Phi) is 3.22. The van der Waals surface area contributed by atoms with E-state index in [-0.39, 0.29) is 0 Å². The molecule has 0 atom stereocenters. The van der Waals surface area contributed by atoms with Gasteiger partial charge in [0.2, 0.25) is 0 Å². The molecule has 0 aliphatic heterocycles. The number of hydrogen-bond acceptors (Lipinski definition) is 2. The van der Waals surface area contributed by atoms with Gasteiger partial charge in [0.1, 0.15) is 4.32 Å². The van der Waals surface area contributed by atoms with Gasteiger partial charge in [-0.3, -0.25) is 0 Å². The highest BCUT2D eigenvalue weighted by atomic mass is 32.2. The van der Waals surface area contributed by atoms with E-state index in [9.17, 15) is 0 Å². The van der Waals surface area contributed by atoms with E-state index >= 15 is 0 Å². The van der Waals surface area contributed by atoms with Gasteiger partial charge in [0, 0.05) is 11.8 Å². The molecule has 0 saturated heterocycles. The SMILES string of the molecule is C=CCSC(=S)NC1CC1. The van der Waals surface area contributed by atoms with Crippen LogP contribution < -0.4 is 5.32 Å². The van der Waals surface area contributed by atoms with Gasteiger partial charge < -0.3 is 5.32 Å². The first-order chi connectivity index (χ1) is 4.83. The maximum Gasteiger partial charge on any atom is 0.134 e. The quantitative estimate of drug-likeness (QED) is 0.517. The molecule has 0 unspecified atom stereocenters. The fraction of sp³-hybridized carbons (Fsp3) is 0.571. The van der Waals surface area contributed by atoms with Crippen LogP contribution in [-0.2, 0) is 0 Å². The second kappa shape index (κ2) is 3.98. The van der Waals surface area contributed by atoms with Crippen LogP contribution in [0.1, 0.15) is 12.8 Å². The average Bonchev–Trinajstić information content (AvgIpc) is 2.67. The molecule has 10 heavy (non-hydrogen) atoms. The molecule has 1 aliphatic carbocycles. The smallest absolute Gasteiger partial charge is 0.134 e. The van der Waals surface area contributed by atoms with E-state index < -0.39 is 0 Å². The van der Waals surface area contributed by atoms with Crippen molar-refractivity contribution in [2.75, 3.05) is 5.75 Å². The van der Waals surface area contributed by atoms with Gasteiger partial charge in [0.05, 0.1) is 0 Å². The minimum atomic E-state index is 0.685. The fourth-order valence-electron chi connectivity index (χ4n) is 0.571. The summed E-state index contributed by atoms with van der Waals surface area (Å²) < 4.78 is 0.919. The van der Waals surface area contributed by atoms with Gasteiger partial charge in [0.15, 0.2) is 0 Å². The summed E-state index contributed by atoms with van der Waals surface area (Å²) in [6.07, 6.45) is 4.44. The third-order valence-corrected chi connectivity index (χ3v) is 2.49. The molecule has 0 spiro atoms. The summed E-state index contributed by atoms with van der Waals surface area (Å²) in [7, 11) is 0. The third kappa shape index (κ3) is 3.22. The molecule has 0 bridgehead atoms. The van der Waals surface area contributed by atoms with E-state index in [1.807, 2.05) is 6.08 Å². The van der Waals surface area contributed by atoms with Crippen LogP contribution in [0.15, 0.2) is 12.7 Å². The lowest BCUT2D eigenvalue weighted by atomic mass is 10.7. The zero-order valence-corrected chi connectivity index (χ0v) is 7.43. The average molecular weight is 173 g/mol. The molecule has 0 heterocycles. The van der Waals surface area contributed by atoms with Crippen molar-refractivity contribution in [1.29, 1.82) is 0 Å². The minimum absolute atomic E-state index is 0.685. The molecule has 1 N–H and O–H groups in total. The summed E-state index contributed by atoms with van der Waals surface area (Å²) in [6.45, 7) is 3.62. The van der Waals surface area contributed by atoms with Crippen LogP contribution in [0.3, 0.4) is 0 Å². The normalized spacial score (nSPS) is 16.4. The van der Waals surface area contributed by atoms with Gasteiger partial charge >= 0.3 is 0 Å². The van der Waals surface area contributed by atoms with Crippen molar-refractivity contribution >= 4 is 28.3 Å². The van der Waals surface area contributed by atoms with Crippen molar-refractivity contribution < 1.29 is 0 Å². The lowest BCUT2D eigenvalue weighted by Gasteiger charge is -2.02. The number of rotatable bonds is 3. The highest BCUT2D eigenvalue weighted by Crippen LogP contribution is 2.20. The molecule has 1 fully saturated rings. The zero-order chi connectivity index (χ0) is 7.40. The Balaban J connectivity index is 2.02. The fourth-order valence-corrected chi connectivity index (χ4v) is 1.46. The van der Waals surface area contributed by atoms with Crippen LogP contribution in [0.5, 0.6) is 0 Å². The molecule has 0 aromatic rings. The molecule has 1 saturated carbocycles. The molecule has 3 heteroatoms. The topological polar surface area (TPSA) is 12.0 Å². The van der Waals surface area contributed by atoms with Crippen molar-refractivity contribution in [3.05, 3.63) is 12.7 Å². The predicted octanol–water partition coefficient (Wildman–Crippen LogP) is 1.94. The van der Waals surface area contributed by atoms with E-state index in [4.69, 9.17) is 12.2 Å². The molecule has 0 amide bonds. The van der Waals surface area contributed by atoms with Crippen LogP contribution in [0.25, 0.3) is 0 Å². The van der Waals surface area contributed by atoms with Gasteiger partial charge in [-0.15, -0.1) is 6.58 Å². The zero-order valence-electron chi connectivity index (χ0n) is 5.80. The van der Waals surface area contributed by atoms with Gasteiger partial charge in [0.25, 0.3) is 0 Å². The van der Waals surface area contributed by atoms with Crippen LogP contribution in [-0.4, -0.2) is 16.1 Å². The van der Waals surface area contributed by atoms with Crippen molar-refractivity contribution in [3.8, 4) is 0 Å². The maximum absolute atomic E-state index is 5.04. The van der Waals surface area contributed by atoms with Gasteiger partial charge in [-0.1, -0.05) is 30.1 Å². The third-order valence-electron chi connectivity index (χ3n) is 1.23. The van der Waals surface area contributed by atoms with Crippen LogP contribution >= 0.6 is 24.0 Å². The number of hydrogen-bond donors (Lipinski definition) is 1. The maximum atomic E-state index is 5.04. The van der Waals surface area contributed by atoms with Crippen molar-refractivity contribution in [3.63, 3.8) is 0 Å². The monoisotopic (exact) mass is 173 g/mol. The summed E-state index contributed by atoms with van der Waals surface area (Å²) in [6, 6.07) is 0.685. The van der Waals surface area contributed by atoms with Crippen LogP contribution in [0.4, 0.5) is 0 Å². The van der Waals surface area contributed by atoms with Crippen molar-refractivity contribution in [2.24, 2.45) is 0 Å². The van der Waals surface area contributed by atoms with Crippen LogP contribution in [0.2, 0.25) is 0 Å². The summed E-state index contributed by atoms with van der Waals surface area (Å²) in [5.74, 6) is 0.915. The molecule has 1 nitrogen and oxygen atoms in total. The Labute approximate surface area is 71.3 Å². The van der Waals surface area contributed by atoms with Crippen molar-refractivity contribution in [1.82, 2.24) is 5.32 Å². The Hall–Kier alpha value is -0.0200. The first-order valence-corrected chi connectivity index (χ1v) is 4.76. The first-order valence-electron chi connectivity index (χ1n) is 3.37. The predicted molar refractivity (Wildman–Crippen MR) is 51.4 cm³/mol. The molecule has 1 rings (SSSR count). The lowest BCUT2D eigenvalue weighted by Crippen LogP contribution is -2.20. The highest BCUT2D eigenvalue weighted by molar-refractivity contribution is 8.23. The second-order valence-corrected chi connectivity index (χ2v) is 4.00. The number of thioether (sulfide) groups is 1. The van der Waals surface area contributed by atoms with E-state index in [0.717, 1.165) is 10.1 Å². The Morgan fingerprint density at radius 2 is 2.50 bits per heavy atom. The Morgan fingerprint density at radius 3 is 3.00 bits per heavy atom. The van der Waals surface area contributed by atoms with Crippen LogP contribution in [0, 0.1) is 0 Å². The molecule has 0 aromatic heterocycles. The standard InChI is InChI=1S/C7H11NS2/c1-2-5-10-7(9)8-6-3-4-6/h2,6H,1,3-5H2,(H,8,9). The van der Waals surface area contributed by atoms with Gasteiger partial charge in [-0.05, 0) is 12.8 Å². The largest absolute Gasteiger partial charge is 0.368 e. The van der Waals surface area contributed by atoms with E-state index in [0.29, 0.717) is 6.04 Å². The molecular weight excluding hydrogens is 162 g/mol. The molecule has 56 valence electrons. The molecular formula is C7H11NS2. The highest BCUT2D eigenvalue weighted by Gasteiger charge is 2.21. The second-order valence-electron chi connectivity index (χ2n) is 2.31. The Morgan fingerprint density at radius 1 is 1.80 bits per heavy atom. The van der Waals surface area contributed by atoms with E-state index in [1.165, 1.54) is 12.8 Å². The minimum Gasteiger partial charge on any atom is -0.368 e. The number of thiocarbonyl (C=S) groups is 1. The molecule has 0 radical (unpaired) electrons. The Bertz CT molecular complexity index is 141. The summed E-state index contributed by atoms with van der Waals surface area (Å²) in [5.41, 5.74) is 0. The lowest BCUT2D eigenvalue weighted by molar-refractivity contribution is 0.933. The summed E-state index contributed by atoms with van der Waals surface area (Å²) in [4.78, 5) is 0. The van der Waals surface area contributed by atoms with E-state index in [1.54, 1.807) is 11.8 Å². The van der Waals surface area contributed by atoms with Gasteiger partial charge in [-0.2, -0.15) is 0 Å². The molecule has 1 aliphatic rings. The van der Waals surface area contributed by atoms with Crippen molar-refractivity contribution in [2.45, 2.75) is 18.9 Å². The first kappa shape index (κ1) is 8.08. The summed E-state index contributed by atoms with van der Waals surface area (Å²) >= 11 is 6.69. The molecule has 0 aromatic carbocycles. The van der Waals surface area contributed by atoms with E-state index in [2.05, 4.69) is 11.9 Å². The van der Waals surface area contributed by atoms with Gasteiger partial charge in [-0.25, -0.2) is 0 Å².